The van der Waals surface area contributed by atoms with Crippen molar-refractivity contribution < 1.29 is 14.2 Å². The predicted molar refractivity (Wildman–Crippen MR) is 126 cm³/mol. The van der Waals surface area contributed by atoms with E-state index in [9.17, 15) is 5.11 Å². The standard InChI is InChI=1S/C24H21ClFN5O2/c1-33-24-29-22-17(23(30-24)31-10-13-5-6-14(11-31)28-13)9-27-21(20(22)26)16-8-15(32)7-12-3-2-4-18(25)19(12)16/h2-4,7-9,13-14,28,32H,5-6,10-11H2,1H3/t13-,14+. The van der Waals surface area contributed by atoms with Crippen LogP contribution in [0.3, 0.4) is 0 Å². The van der Waals surface area contributed by atoms with Gasteiger partial charge >= 0.3 is 6.01 Å². The molecule has 4 aromatic rings. The Bertz CT molecular complexity index is 1400. The maximum Gasteiger partial charge on any atom is 0.318 e. The monoisotopic (exact) mass is 465 g/mol. The number of methoxy groups -OCH3 is 1. The number of hydrogen-bond acceptors (Lipinski definition) is 7. The first-order chi connectivity index (χ1) is 16.0. The van der Waals surface area contributed by atoms with E-state index in [0.29, 0.717) is 44.6 Å². The van der Waals surface area contributed by atoms with Crippen molar-refractivity contribution in [3.8, 4) is 23.0 Å². The first-order valence-corrected chi connectivity index (χ1v) is 11.2. The van der Waals surface area contributed by atoms with Crippen molar-refractivity contribution in [1.82, 2.24) is 20.3 Å². The van der Waals surface area contributed by atoms with Crippen LogP contribution in [0.5, 0.6) is 11.8 Å². The Kier molecular flexibility index (Phi) is 4.74. The number of phenols is 1. The number of aromatic hydroxyl groups is 1. The van der Waals surface area contributed by atoms with E-state index in [0.717, 1.165) is 25.9 Å². The van der Waals surface area contributed by atoms with Gasteiger partial charge in [-0.1, -0.05) is 23.7 Å². The molecule has 6 rings (SSSR count). The fourth-order valence-electron chi connectivity index (χ4n) is 5.06. The molecule has 0 amide bonds. The van der Waals surface area contributed by atoms with Gasteiger partial charge in [0.2, 0.25) is 0 Å². The molecule has 9 heteroatoms. The largest absolute Gasteiger partial charge is 0.508 e. The number of nitrogens with one attached hydrogen (secondary N) is 1. The highest BCUT2D eigenvalue weighted by Gasteiger charge is 2.34. The summed E-state index contributed by atoms with van der Waals surface area (Å²) >= 11 is 6.45. The molecule has 2 atom stereocenters. The summed E-state index contributed by atoms with van der Waals surface area (Å²) in [7, 11) is 1.47. The summed E-state index contributed by atoms with van der Waals surface area (Å²) in [6.45, 7) is 1.56. The average molecular weight is 466 g/mol. The van der Waals surface area contributed by atoms with Crippen LogP contribution < -0.4 is 15.0 Å². The van der Waals surface area contributed by atoms with E-state index in [1.807, 2.05) is 6.07 Å². The van der Waals surface area contributed by atoms with E-state index in [-0.39, 0.29) is 23.0 Å². The summed E-state index contributed by atoms with van der Waals surface area (Å²) in [6.07, 6.45) is 3.83. The van der Waals surface area contributed by atoms with E-state index in [1.54, 1.807) is 24.4 Å². The zero-order valence-electron chi connectivity index (χ0n) is 17.8. The van der Waals surface area contributed by atoms with Crippen LogP contribution >= 0.6 is 11.6 Å². The minimum atomic E-state index is -0.612. The lowest BCUT2D eigenvalue weighted by Crippen LogP contribution is -2.51. The molecule has 2 aliphatic rings. The van der Waals surface area contributed by atoms with Crippen LogP contribution in [0.15, 0.2) is 36.5 Å². The van der Waals surface area contributed by atoms with Crippen LogP contribution in [0.25, 0.3) is 32.9 Å². The van der Waals surface area contributed by atoms with Crippen LogP contribution in [0.4, 0.5) is 10.2 Å². The van der Waals surface area contributed by atoms with E-state index in [1.165, 1.54) is 13.2 Å². The Hall–Kier alpha value is -3.23. The molecule has 7 nitrogen and oxygen atoms in total. The molecule has 2 aliphatic heterocycles. The second-order valence-corrected chi connectivity index (χ2v) is 9.00. The molecule has 2 aromatic heterocycles. The fraction of sp³-hybridized carbons (Fsp3) is 0.292. The number of fused-ring (bicyclic) bond motifs is 4. The normalized spacial score (nSPS) is 20.0. The number of rotatable bonds is 3. The molecular formula is C24H21ClFN5O2. The smallest absolute Gasteiger partial charge is 0.318 e. The summed E-state index contributed by atoms with van der Waals surface area (Å²) in [5.74, 6) is 0.00434. The van der Waals surface area contributed by atoms with E-state index >= 15 is 4.39 Å². The molecule has 0 spiro atoms. The predicted octanol–water partition coefficient (Wildman–Crippen LogP) is 4.29. The van der Waals surface area contributed by atoms with Crippen molar-refractivity contribution in [2.24, 2.45) is 0 Å². The number of anilines is 1. The van der Waals surface area contributed by atoms with Crippen LogP contribution in [-0.2, 0) is 0 Å². The molecule has 0 aliphatic carbocycles. The minimum Gasteiger partial charge on any atom is -0.508 e. The third-order valence-electron chi connectivity index (χ3n) is 6.51. The minimum absolute atomic E-state index is 0.00156. The maximum atomic E-state index is 16.0. The van der Waals surface area contributed by atoms with Crippen molar-refractivity contribution in [3.05, 3.63) is 47.4 Å². The molecule has 2 fully saturated rings. The molecule has 168 valence electrons. The highest BCUT2D eigenvalue weighted by Crippen LogP contribution is 2.39. The Morgan fingerprint density at radius 1 is 1.18 bits per heavy atom. The highest BCUT2D eigenvalue weighted by molar-refractivity contribution is 6.36. The van der Waals surface area contributed by atoms with E-state index in [2.05, 4.69) is 25.2 Å². The van der Waals surface area contributed by atoms with Gasteiger partial charge in [0, 0.05) is 47.3 Å². The third kappa shape index (κ3) is 3.32. The van der Waals surface area contributed by atoms with E-state index in [4.69, 9.17) is 16.3 Å². The van der Waals surface area contributed by atoms with Crippen LogP contribution in [-0.4, -0.2) is 52.3 Å². The number of benzene rings is 2. The summed E-state index contributed by atoms with van der Waals surface area (Å²) in [5.41, 5.74) is 0.578. The highest BCUT2D eigenvalue weighted by atomic mass is 35.5. The molecular weight excluding hydrogens is 445 g/mol. The first-order valence-electron chi connectivity index (χ1n) is 10.8. The zero-order chi connectivity index (χ0) is 22.7. The number of hydrogen-bond donors (Lipinski definition) is 2. The summed E-state index contributed by atoms with van der Waals surface area (Å²) in [4.78, 5) is 15.5. The molecule has 2 N–H and O–H groups in total. The Morgan fingerprint density at radius 3 is 2.73 bits per heavy atom. The summed E-state index contributed by atoms with van der Waals surface area (Å²) in [5, 5.41) is 16.1. The molecule has 2 aromatic carbocycles. The Balaban J connectivity index is 1.57. The molecule has 0 saturated carbocycles. The number of ether oxygens (including phenoxy) is 1. The number of pyridine rings is 1. The Morgan fingerprint density at radius 2 is 1.97 bits per heavy atom. The van der Waals surface area contributed by atoms with Gasteiger partial charge in [0.15, 0.2) is 5.82 Å². The fourth-order valence-corrected chi connectivity index (χ4v) is 5.35. The lowest BCUT2D eigenvalue weighted by atomic mass is 10.00. The van der Waals surface area contributed by atoms with Crippen molar-refractivity contribution in [2.75, 3.05) is 25.1 Å². The van der Waals surface area contributed by atoms with Gasteiger partial charge in [-0.25, -0.2) is 4.39 Å². The number of phenolic OH excluding ortho intramolecular Hbond substituents is 1. The van der Waals surface area contributed by atoms with Gasteiger partial charge in [-0.15, -0.1) is 0 Å². The SMILES string of the molecule is COc1nc(N2C[C@H]3CC[C@@H](C2)N3)c2cnc(-c3cc(O)cc4cccc(Cl)c34)c(F)c2n1. The van der Waals surface area contributed by atoms with Gasteiger partial charge in [-0.3, -0.25) is 4.98 Å². The second-order valence-electron chi connectivity index (χ2n) is 8.59. The van der Waals surface area contributed by atoms with Crippen LogP contribution in [0.2, 0.25) is 5.02 Å². The average Bonchev–Trinajstić information content (AvgIpc) is 3.15. The van der Waals surface area contributed by atoms with E-state index < -0.39 is 5.82 Å². The molecule has 2 saturated heterocycles. The van der Waals surface area contributed by atoms with Crippen molar-refractivity contribution >= 4 is 39.1 Å². The first kappa shape index (κ1) is 20.4. The molecule has 0 unspecified atom stereocenters. The van der Waals surface area contributed by atoms with Gasteiger partial charge in [0.1, 0.15) is 22.8 Å². The van der Waals surface area contributed by atoms with Crippen LogP contribution in [0.1, 0.15) is 12.8 Å². The van der Waals surface area contributed by atoms with Crippen molar-refractivity contribution in [3.63, 3.8) is 0 Å². The maximum absolute atomic E-state index is 16.0. The lowest BCUT2D eigenvalue weighted by Gasteiger charge is -2.34. The van der Waals surface area contributed by atoms with Gasteiger partial charge in [-0.2, -0.15) is 9.97 Å². The number of aromatic nitrogens is 3. The number of nitrogens with zero attached hydrogens (tertiary/aromatic N) is 4. The molecule has 2 bridgehead atoms. The summed E-state index contributed by atoms with van der Waals surface area (Å²) in [6, 6.07) is 9.25. The molecule has 33 heavy (non-hydrogen) atoms. The van der Waals surface area contributed by atoms with Gasteiger partial charge < -0.3 is 20.1 Å². The van der Waals surface area contributed by atoms with Gasteiger partial charge in [-0.05, 0) is 36.4 Å². The van der Waals surface area contributed by atoms with Gasteiger partial charge in [0.05, 0.1) is 12.5 Å². The van der Waals surface area contributed by atoms with Crippen LogP contribution in [0, 0.1) is 5.82 Å². The molecule has 4 heterocycles. The topological polar surface area (TPSA) is 83.4 Å². The number of halogens is 2. The summed E-state index contributed by atoms with van der Waals surface area (Å²) < 4.78 is 21.3. The van der Waals surface area contributed by atoms with Crippen molar-refractivity contribution in [1.29, 1.82) is 0 Å². The third-order valence-corrected chi connectivity index (χ3v) is 6.82. The Labute approximate surface area is 194 Å². The van der Waals surface area contributed by atoms with Crippen molar-refractivity contribution in [2.45, 2.75) is 24.9 Å². The lowest BCUT2D eigenvalue weighted by molar-refractivity contribution is 0.380. The van der Waals surface area contributed by atoms with Gasteiger partial charge in [0.25, 0.3) is 0 Å². The second kappa shape index (κ2) is 7.67. The molecule has 0 radical (unpaired) electrons. The number of piperazine rings is 1. The quantitative estimate of drug-likeness (QED) is 0.467. The zero-order valence-corrected chi connectivity index (χ0v) is 18.6.